The van der Waals surface area contributed by atoms with Gasteiger partial charge in [-0.2, -0.15) is 0 Å². The quantitative estimate of drug-likeness (QED) is 0.233. The predicted octanol–water partition coefficient (Wildman–Crippen LogP) is 3.65. The second-order valence-corrected chi connectivity index (χ2v) is 6.62. The molecule has 0 aliphatic carbocycles. The SMILES string of the molecule is CC(NCCCC(C)(C)C(N)=NO)c1ccc(Br)cc1. The average Bonchev–Trinajstić information content (AvgIpc) is 2.43. The number of nitrogens with one attached hydrogen (secondary N) is 1. The lowest BCUT2D eigenvalue weighted by atomic mass is 9.86. The predicted molar refractivity (Wildman–Crippen MR) is 87.0 cm³/mol. The van der Waals surface area contributed by atoms with Crippen LogP contribution in [0.25, 0.3) is 0 Å². The highest BCUT2D eigenvalue weighted by molar-refractivity contribution is 9.10. The van der Waals surface area contributed by atoms with E-state index in [4.69, 9.17) is 10.9 Å². The van der Waals surface area contributed by atoms with Gasteiger partial charge in [-0.05, 0) is 44.0 Å². The number of halogens is 1. The average molecular weight is 342 g/mol. The monoisotopic (exact) mass is 341 g/mol. The van der Waals surface area contributed by atoms with Gasteiger partial charge in [0.1, 0.15) is 5.84 Å². The molecule has 0 bridgehead atoms. The van der Waals surface area contributed by atoms with Crippen LogP contribution in [-0.4, -0.2) is 17.6 Å². The van der Waals surface area contributed by atoms with E-state index in [1.807, 2.05) is 13.8 Å². The minimum atomic E-state index is -0.267. The summed E-state index contributed by atoms with van der Waals surface area (Å²) in [6.45, 7) is 7.03. The molecule has 0 radical (unpaired) electrons. The standard InChI is InChI=1S/C15H24BrN3O/c1-11(12-5-7-13(16)8-6-12)18-10-4-9-15(2,3)14(17)19-20/h5-8,11,18,20H,4,9-10H2,1-3H3,(H2,17,19). The summed E-state index contributed by atoms with van der Waals surface area (Å²) in [5.74, 6) is 0.290. The van der Waals surface area contributed by atoms with Crippen molar-refractivity contribution in [2.45, 2.75) is 39.7 Å². The molecule has 5 heteroatoms. The summed E-state index contributed by atoms with van der Waals surface area (Å²) >= 11 is 3.44. The molecule has 1 aromatic rings. The van der Waals surface area contributed by atoms with Gasteiger partial charge < -0.3 is 16.3 Å². The van der Waals surface area contributed by atoms with Crippen LogP contribution in [0.15, 0.2) is 33.9 Å². The summed E-state index contributed by atoms with van der Waals surface area (Å²) in [6.07, 6.45) is 1.85. The molecule has 20 heavy (non-hydrogen) atoms. The highest BCUT2D eigenvalue weighted by atomic mass is 79.9. The number of nitrogens with zero attached hydrogens (tertiary/aromatic N) is 1. The lowest BCUT2D eigenvalue weighted by molar-refractivity contribution is 0.304. The van der Waals surface area contributed by atoms with E-state index >= 15 is 0 Å². The highest BCUT2D eigenvalue weighted by Gasteiger charge is 2.22. The first-order valence-corrected chi connectivity index (χ1v) is 7.63. The Bertz CT molecular complexity index is 443. The molecule has 0 amide bonds. The van der Waals surface area contributed by atoms with Crippen molar-refractivity contribution in [1.82, 2.24) is 5.32 Å². The van der Waals surface area contributed by atoms with Crippen LogP contribution in [-0.2, 0) is 0 Å². The van der Waals surface area contributed by atoms with Crippen LogP contribution in [0.4, 0.5) is 0 Å². The molecule has 4 nitrogen and oxygen atoms in total. The second kappa shape index (κ2) is 7.64. The minimum Gasteiger partial charge on any atom is -0.409 e. The molecule has 0 saturated carbocycles. The number of nitrogens with two attached hydrogens (primary N) is 1. The molecule has 0 spiro atoms. The summed E-state index contributed by atoms with van der Waals surface area (Å²) < 4.78 is 1.09. The van der Waals surface area contributed by atoms with Gasteiger partial charge in [0.05, 0.1) is 0 Å². The van der Waals surface area contributed by atoms with Gasteiger partial charge in [-0.3, -0.25) is 0 Å². The van der Waals surface area contributed by atoms with Gasteiger partial charge in [-0.25, -0.2) is 0 Å². The van der Waals surface area contributed by atoms with Gasteiger partial charge in [0.15, 0.2) is 0 Å². The van der Waals surface area contributed by atoms with Crippen LogP contribution >= 0.6 is 15.9 Å². The van der Waals surface area contributed by atoms with E-state index in [0.717, 1.165) is 23.9 Å². The molecule has 112 valence electrons. The first-order valence-electron chi connectivity index (χ1n) is 6.83. The molecule has 1 rings (SSSR count). The molecule has 0 aromatic heterocycles. The second-order valence-electron chi connectivity index (χ2n) is 5.70. The molecule has 0 heterocycles. The van der Waals surface area contributed by atoms with E-state index in [1.54, 1.807) is 0 Å². The fraction of sp³-hybridized carbons (Fsp3) is 0.533. The van der Waals surface area contributed by atoms with Gasteiger partial charge >= 0.3 is 0 Å². The van der Waals surface area contributed by atoms with Gasteiger partial charge in [0.25, 0.3) is 0 Å². The number of benzene rings is 1. The fourth-order valence-electron chi connectivity index (χ4n) is 1.98. The smallest absolute Gasteiger partial charge is 0.144 e. The number of hydrogen-bond acceptors (Lipinski definition) is 3. The molecular formula is C15H24BrN3O. The van der Waals surface area contributed by atoms with Crippen LogP contribution in [0.3, 0.4) is 0 Å². The van der Waals surface area contributed by atoms with E-state index in [-0.39, 0.29) is 5.41 Å². The van der Waals surface area contributed by atoms with Crippen molar-refractivity contribution in [3.8, 4) is 0 Å². The van der Waals surface area contributed by atoms with Crippen molar-refractivity contribution < 1.29 is 5.21 Å². The Hall–Kier alpha value is -1.07. The molecule has 1 aromatic carbocycles. The van der Waals surface area contributed by atoms with Crippen LogP contribution < -0.4 is 11.1 Å². The summed E-state index contributed by atoms with van der Waals surface area (Å²) in [5, 5.41) is 15.3. The zero-order valence-electron chi connectivity index (χ0n) is 12.4. The van der Waals surface area contributed by atoms with E-state index in [0.29, 0.717) is 11.9 Å². The number of rotatable bonds is 7. The molecule has 0 aliphatic heterocycles. The number of oxime groups is 1. The summed E-state index contributed by atoms with van der Waals surface area (Å²) in [6, 6.07) is 8.64. The van der Waals surface area contributed by atoms with Crippen molar-refractivity contribution in [3.05, 3.63) is 34.3 Å². The third kappa shape index (κ3) is 5.13. The van der Waals surface area contributed by atoms with Crippen LogP contribution in [0.2, 0.25) is 0 Å². The largest absolute Gasteiger partial charge is 0.409 e. The minimum absolute atomic E-state index is 0.267. The van der Waals surface area contributed by atoms with Crippen molar-refractivity contribution in [2.75, 3.05) is 6.54 Å². The molecular weight excluding hydrogens is 318 g/mol. The van der Waals surface area contributed by atoms with Crippen LogP contribution in [0.1, 0.15) is 45.2 Å². The first kappa shape index (κ1) is 17.0. The van der Waals surface area contributed by atoms with Crippen molar-refractivity contribution in [2.24, 2.45) is 16.3 Å². The Morgan fingerprint density at radius 2 is 2.00 bits per heavy atom. The summed E-state index contributed by atoms with van der Waals surface area (Å²) in [4.78, 5) is 0. The number of hydrogen-bond donors (Lipinski definition) is 3. The molecule has 0 saturated heterocycles. The third-order valence-corrected chi connectivity index (χ3v) is 4.13. The molecule has 0 fully saturated rings. The van der Waals surface area contributed by atoms with Gasteiger partial charge in [0.2, 0.25) is 0 Å². The van der Waals surface area contributed by atoms with E-state index in [9.17, 15) is 0 Å². The summed E-state index contributed by atoms with van der Waals surface area (Å²) in [7, 11) is 0. The third-order valence-electron chi connectivity index (χ3n) is 3.60. The Morgan fingerprint density at radius 3 is 2.55 bits per heavy atom. The lowest BCUT2D eigenvalue weighted by Gasteiger charge is -2.23. The molecule has 1 atom stereocenters. The topological polar surface area (TPSA) is 70.6 Å². The maximum atomic E-state index is 8.73. The highest BCUT2D eigenvalue weighted by Crippen LogP contribution is 2.22. The van der Waals surface area contributed by atoms with E-state index in [1.165, 1.54) is 5.56 Å². The zero-order valence-corrected chi connectivity index (χ0v) is 13.9. The summed E-state index contributed by atoms with van der Waals surface area (Å²) in [5.41, 5.74) is 6.67. The normalized spacial score (nSPS) is 14.3. The number of amidine groups is 1. The van der Waals surface area contributed by atoms with Crippen molar-refractivity contribution in [1.29, 1.82) is 0 Å². The van der Waals surface area contributed by atoms with Crippen molar-refractivity contribution >= 4 is 21.8 Å². The Kier molecular flexibility index (Phi) is 6.49. The molecule has 0 aliphatic rings. The lowest BCUT2D eigenvalue weighted by Crippen LogP contribution is -2.32. The first-order chi connectivity index (χ1) is 9.36. The maximum absolute atomic E-state index is 8.73. The van der Waals surface area contributed by atoms with E-state index in [2.05, 4.69) is 57.6 Å². The Morgan fingerprint density at radius 1 is 1.40 bits per heavy atom. The molecule has 4 N–H and O–H groups in total. The van der Waals surface area contributed by atoms with Gasteiger partial charge in [-0.15, -0.1) is 0 Å². The van der Waals surface area contributed by atoms with E-state index < -0.39 is 0 Å². The van der Waals surface area contributed by atoms with Gasteiger partial charge in [-0.1, -0.05) is 47.1 Å². The van der Waals surface area contributed by atoms with Crippen LogP contribution in [0.5, 0.6) is 0 Å². The van der Waals surface area contributed by atoms with Crippen molar-refractivity contribution in [3.63, 3.8) is 0 Å². The zero-order chi connectivity index (χ0) is 15.2. The van der Waals surface area contributed by atoms with Gasteiger partial charge in [0, 0.05) is 15.9 Å². The molecule has 1 unspecified atom stereocenters. The Balaban J connectivity index is 2.36. The Labute approximate surface area is 129 Å². The van der Waals surface area contributed by atoms with Crippen LogP contribution in [0, 0.1) is 5.41 Å². The maximum Gasteiger partial charge on any atom is 0.144 e. The fourth-order valence-corrected chi connectivity index (χ4v) is 2.25.